The lowest BCUT2D eigenvalue weighted by Crippen LogP contribution is -2.35. The SMILES string of the molecule is CCc1cccc2c(C(=O)C(=O)NC(C)C)cn(Cc3ccccc3)c12. The molecule has 0 radical (unpaired) electrons. The third-order valence-electron chi connectivity index (χ3n) is 4.43. The minimum absolute atomic E-state index is 0.0738. The number of aromatic nitrogens is 1. The van der Waals surface area contributed by atoms with Gasteiger partial charge in [-0.2, -0.15) is 0 Å². The van der Waals surface area contributed by atoms with E-state index in [9.17, 15) is 9.59 Å². The average molecular weight is 348 g/mol. The Morgan fingerprint density at radius 3 is 2.42 bits per heavy atom. The van der Waals surface area contributed by atoms with Gasteiger partial charge in [0, 0.05) is 24.2 Å². The fourth-order valence-electron chi connectivity index (χ4n) is 3.26. The highest BCUT2D eigenvalue weighted by Gasteiger charge is 2.23. The van der Waals surface area contributed by atoms with Crippen LogP contribution in [0.25, 0.3) is 10.9 Å². The molecular formula is C22H24N2O2. The van der Waals surface area contributed by atoms with Crippen molar-refractivity contribution in [1.29, 1.82) is 0 Å². The number of fused-ring (bicyclic) bond motifs is 1. The van der Waals surface area contributed by atoms with Gasteiger partial charge in [0.05, 0.1) is 11.1 Å². The number of nitrogens with one attached hydrogen (secondary N) is 1. The zero-order valence-electron chi connectivity index (χ0n) is 15.5. The monoisotopic (exact) mass is 348 g/mol. The van der Waals surface area contributed by atoms with Crippen LogP contribution in [0.2, 0.25) is 0 Å². The molecule has 4 nitrogen and oxygen atoms in total. The Labute approximate surface area is 153 Å². The minimum atomic E-state index is -0.555. The molecule has 1 aromatic heterocycles. The lowest BCUT2D eigenvalue weighted by Gasteiger charge is -2.08. The molecule has 0 aliphatic heterocycles. The summed E-state index contributed by atoms with van der Waals surface area (Å²) >= 11 is 0. The highest BCUT2D eigenvalue weighted by Crippen LogP contribution is 2.27. The Bertz CT molecular complexity index is 939. The highest BCUT2D eigenvalue weighted by molar-refractivity contribution is 6.45. The van der Waals surface area contributed by atoms with E-state index in [4.69, 9.17) is 0 Å². The molecule has 3 aromatic rings. The van der Waals surface area contributed by atoms with Gasteiger partial charge in [-0.3, -0.25) is 9.59 Å². The van der Waals surface area contributed by atoms with Crippen LogP contribution < -0.4 is 5.32 Å². The van der Waals surface area contributed by atoms with Crippen LogP contribution in [0.4, 0.5) is 0 Å². The van der Waals surface area contributed by atoms with E-state index in [1.165, 1.54) is 5.56 Å². The largest absolute Gasteiger partial charge is 0.347 e. The molecular weight excluding hydrogens is 324 g/mol. The smallest absolute Gasteiger partial charge is 0.292 e. The first-order valence-electron chi connectivity index (χ1n) is 9.01. The number of amides is 1. The zero-order chi connectivity index (χ0) is 18.7. The summed E-state index contributed by atoms with van der Waals surface area (Å²) in [5.41, 5.74) is 3.81. The molecule has 0 fully saturated rings. The summed E-state index contributed by atoms with van der Waals surface area (Å²) in [5.74, 6) is -1.04. The molecule has 134 valence electrons. The quantitative estimate of drug-likeness (QED) is 0.541. The van der Waals surface area contributed by atoms with Crippen molar-refractivity contribution < 1.29 is 9.59 Å². The first kappa shape index (κ1) is 17.9. The van der Waals surface area contributed by atoms with Gasteiger partial charge >= 0.3 is 0 Å². The van der Waals surface area contributed by atoms with Crippen LogP contribution in [-0.4, -0.2) is 22.3 Å². The minimum Gasteiger partial charge on any atom is -0.347 e. The number of aryl methyl sites for hydroxylation is 1. The number of ketones is 1. The molecule has 0 bridgehead atoms. The van der Waals surface area contributed by atoms with Crippen molar-refractivity contribution in [3.8, 4) is 0 Å². The summed E-state index contributed by atoms with van der Waals surface area (Å²) in [6.07, 6.45) is 2.68. The highest BCUT2D eigenvalue weighted by atomic mass is 16.2. The van der Waals surface area contributed by atoms with Crippen molar-refractivity contribution in [2.75, 3.05) is 0 Å². The number of carbonyl (C=O) groups excluding carboxylic acids is 2. The lowest BCUT2D eigenvalue weighted by molar-refractivity contribution is -0.117. The molecule has 3 rings (SSSR count). The molecule has 0 saturated carbocycles. The van der Waals surface area contributed by atoms with Crippen molar-refractivity contribution in [3.05, 3.63) is 71.4 Å². The molecule has 4 heteroatoms. The van der Waals surface area contributed by atoms with Gasteiger partial charge in [0.1, 0.15) is 0 Å². The van der Waals surface area contributed by atoms with Crippen LogP contribution in [0.1, 0.15) is 42.3 Å². The maximum absolute atomic E-state index is 12.7. The van der Waals surface area contributed by atoms with Gasteiger partial charge in [0.25, 0.3) is 11.7 Å². The van der Waals surface area contributed by atoms with Crippen LogP contribution in [-0.2, 0) is 17.8 Å². The molecule has 0 atom stereocenters. The van der Waals surface area contributed by atoms with Crippen molar-refractivity contribution >= 4 is 22.6 Å². The molecule has 1 heterocycles. The molecule has 0 unspecified atom stereocenters. The Morgan fingerprint density at radius 2 is 1.77 bits per heavy atom. The molecule has 0 spiro atoms. The second kappa shape index (κ2) is 7.56. The summed E-state index contributed by atoms with van der Waals surface area (Å²) in [7, 11) is 0. The Hall–Kier alpha value is -2.88. The Balaban J connectivity index is 2.10. The van der Waals surface area contributed by atoms with Crippen molar-refractivity contribution in [2.24, 2.45) is 0 Å². The fourth-order valence-corrected chi connectivity index (χ4v) is 3.26. The fraction of sp³-hybridized carbons (Fsp3) is 0.273. The third kappa shape index (κ3) is 3.54. The molecule has 0 saturated heterocycles. The first-order chi connectivity index (χ1) is 12.5. The Morgan fingerprint density at radius 1 is 1.04 bits per heavy atom. The van der Waals surface area contributed by atoms with Gasteiger partial charge < -0.3 is 9.88 Å². The Kier molecular flexibility index (Phi) is 5.21. The second-order valence-corrected chi connectivity index (χ2v) is 6.78. The van der Waals surface area contributed by atoms with Crippen molar-refractivity contribution in [3.63, 3.8) is 0 Å². The standard InChI is InChI=1S/C22H24N2O2/c1-4-17-11-8-12-18-19(21(25)22(26)23-15(2)3)14-24(20(17)18)13-16-9-6-5-7-10-16/h5-12,14-15H,4,13H2,1-3H3,(H,23,26). The second-order valence-electron chi connectivity index (χ2n) is 6.78. The van der Waals surface area contributed by atoms with Gasteiger partial charge in [-0.15, -0.1) is 0 Å². The van der Waals surface area contributed by atoms with Gasteiger partial charge in [-0.25, -0.2) is 0 Å². The third-order valence-corrected chi connectivity index (χ3v) is 4.43. The first-order valence-corrected chi connectivity index (χ1v) is 9.01. The predicted molar refractivity (Wildman–Crippen MR) is 104 cm³/mol. The van der Waals surface area contributed by atoms with E-state index in [-0.39, 0.29) is 6.04 Å². The van der Waals surface area contributed by atoms with E-state index in [1.807, 2.05) is 50.4 Å². The number of carbonyl (C=O) groups is 2. The number of benzene rings is 2. The maximum Gasteiger partial charge on any atom is 0.292 e. The lowest BCUT2D eigenvalue weighted by atomic mass is 10.0. The van der Waals surface area contributed by atoms with E-state index in [1.54, 1.807) is 0 Å². The van der Waals surface area contributed by atoms with Crippen LogP contribution >= 0.6 is 0 Å². The van der Waals surface area contributed by atoms with Crippen molar-refractivity contribution in [1.82, 2.24) is 9.88 Å². The number of Topliss-reactive ketones (excluding diaryl/α,β-unsaturated/α-hetero) is 1. The maximum atomic E-state index is 12.7. The average Bonchev–Trinajstić information content (AvgIpc) is 3.00. The van der Waals surface area contributed by atoms with Crippen LogP contribution in [0.5, 0.6) is 0 Å². The number of nitrogens with zero attached hydrogens (tertiary/aromatic N) is 1. The number of rotatable bonds is 6. The van der Waals surface area contributed by atoms with Crippen LogP contribution in [0.3, 0.4) is 0 Å². The van der Waals surface area contributed by atoms with Gasteiger partial charge in [0.2, 0.25) is 0 Å². The number of hydrogen-bond acceptors (Lipinski definition) is 2. The molecule has 1 amide bonds. The van der Waals surface area contributed by atoms with Crippen LogP contribution in [0.15, 0.2) is 54.7 Å². The van der Waals surface area contributed by atoms with E-state index in [0.29, 0.717) is 12.1 Å². The molecule has 0 aliphatic carbocycles. The van der Waals surface area contributed by atoms with Gasteiger partial charge in [-0.05, 0) is 31.4 Å². The summed E-state index contributed by atoms with van der Waals surface area (Å²) in [5, 5.41) is 3.53. The van der Waals surface area contributed by atoms with Gasteiger partial charge in [0.15, 0.2) is 0 Å². The number of hydrogen-bond donors (Lipinski definition) is 1. The van der Waals surface area contributed by atoms with Gasteiger partial charge in [-0.1, -0.05) is 55.5 Å². The van der Waals surface area contributed by atoms with E-state index >= 15 is 0 Å². The summed E-state index contributed by atoms with van der Waals surface area (Å²) in [6, 6.07) is 16.0. The zero-order valence-corrected chi connectivity index (χ0v) is 15.5. The topological polar surface area (TPSA) is 51.1 Å². The van der Waals surface area contributed by atoms with E-state index in [0.717, 1.165) is 22.9 Å². The normalized spacial score (nSPS) is 11.1. The summed E-state index contributed by atoms with van der Waals surface area (Å²) in [4.78, 5) is 25.0. The number of para-hydroxylation sites is 1. The molecule has 0 aliphatic rings. The molecule has 26 heavy (non-hydrogen) atoms. The molecule has 2 aromatic carbocycles. The predicted octanol–water partition coefficient (Wildman–Crippen LogP) is 3.96. The molecule has 1 N–H and O–H groups in total. The van der Waals surface area contributed by atoms with Crippen LogP contribution in [0, 0.1) is 0 Å². The summed E-state index contributed by atoms with van der Waals surface area (Å²) in [6.45, 7) is 6.45. The summed E-state index contributed by atoms with van der Waals surface area (Å²) < 4.78 is 2.08. The van der Waals surface area contributed by atoms with E-state index < -0.39 is 11.7 Å². The van der Waals surface area contributed by atoms with E-state index in [2.05, 4.69) is 35.0 Å². The van der Waals surface area contributed by atoms with Crippen molar-refractivity contribution in [2.45, 2.75) is 39.8 Å².